The number of likely N-dealkylation sites (tertiary alicyclic amines) is 1. The number of benzene rings is 1. The van der Waals surface area contributed by atoms with Crippen LogP contribution in [-0.2, 0) is 24.3 Å². The van der Waals surface area contributed by atoms with Crippen LogP contribution in [0.1, 0.15) is 36.2 Å². The molecule has 2 aromatic rings. The molecule has 1 amide bonds. The maximum atomic E-state index is 12.6. The molecule has 1 unspecified atom stereocenters. The first-order valence-corrected chi connectivity index (χ1v) is 11.9. The van der Waals surface area contributed by atoms with Crippen molar-refractivity contribution in [2.45, 2.75) is 36.7 Å². The minimum absolute atomic E-state index is 0.0262. The van der Waals surface area contributed by atoms with E-state index in [-0.39, 0.29) is 29.3 Å². The normalized spacial score (nSPS) is 21.8. The van der Waals surface area contributed by atoms with Gasteiger partial charge in [0.25, 0.3) is 15.9 Å². The number of carbonyl (C=O) groups is 2. The molecule has 2 aliphatic rings. The summed E-state index contributed by atoms with van der Waals surface area (Å²) < 4.78 is 31.8. The van der Waals surface area contributed by atoms with Crippen molar-refractivity contribution in [2.24, 2.45) is 4.99 Å². The highest BCUT2D eigenvalue weighted by Crippen LogP contribution is 2.34. The van der Waals surface area contributed by atoms with Crippen molar-refractivity contribution in [3.05, 3.63) is 52.2 Å². The third kappa shape index (κ3) is 3.97. The van der Waals surface area contributed by atoms with Crippen molar-refractivity contribution in [3.63, 3.8) is 0 Å². The maximum Gasteiger partial charge on any atom is 0.331 e. The van der Waals surface area contributed by atoms with Crippen molar-refractivity contribution in [1.82, 2.24) is 9.62 Å². The second kappa shape index (κ2) is 8.19. The fraction of sp³-hybridized carbons (Fsp3) is 0.350. The molecular formula is C20H21N3O5S2. The number of amidine groups is 1. The van der Waals surface area contributed by atoms with E-state index in [1.807, 2.05) is 17.5 Å². The van der Waals surface area contributed by atoms with E-state index in [0.29, 0.717) is 12.1 Å². The number of ether oxygens (including phenoxy) is 1. The van der Waals surface area contributed by atoms with Gasteiger partial charge in [-0.15, -0.1) is 11.3 Å². The molecule has 8 nitrogen and oxygen atoms in total. The van der Waals surface area contributed by atoms with E-state index in [4.69, 9.17) is 4.74 Å². The van der Waals surface area contributed by atoms with E-state index >= 15 is 0 Å². The summed E-state index contributed by atoms with van der Waals surface area (Å²) in [4.78, 5) is 32.1. The van der Waals surface area contributed by atoms with Gasteiger partial charge in [0.05, 0.1) is 10.9 Å². The molecule has 0 radical (unpaired) electrons. The Hall–Kier alpha value is -2.72. The zero-order valence-corrected chi connectivity index (χ0v) is 17.9. The number of nitrogens with zero attached hydrogens (tertiary/aromatic N) is 2. The molecule has 10 heteroatoms. The van der Waals surface area contributed by atoms with Gasteiger partial charge in [-0.25, -0.2) is 13.2 Å². The Kier molecular flexibility index (Phi) is 5.61. The lowest BCUT2D eigenvalue weighted by Gasteiger charge is -2.23. The summed E-state index contributed by atoms with van der Waals surface area (Å²) in [6, 6.07) is 9.42. The molecule has 1 aromatic carbocycles. The molecule has 1 N–H and O–H groups in total. The summed E-state index contributed by atoms with van der Waals surface area (Å²) in [6.07, 6.45) is 1.80. The van der Waals surface area contributed by atoms with Crippen LogP contribution in [0.2, 0.25) is 0 Å². The van der Waals surface area contributed by atoms with Gasteiger partial charge in [0.1, 0.15) is 11.9 Å². The second-order valence-electron chi connectivity index (χ2n) is 7.12. The minimum atomic E-state index is -3.68. The maximum absolute atomic E-state index is 12.6. The standard InChI is InChI=1S/C20H21N3O5S2/c1-13(21-19-14-6-2-3-9-17(14)30(26,27)22-19)20(25)28-12-18(24)23-10-4-7-15(23)16-8-5-11-29-16/h2-3,5-6,8-9,11,13,15H,4,7,10,12H2,1H3,(H,21,22)/t13-,15?/m0/s1. The molecule has 0 saturated carbocycles. The van der Waals surface area contributed by atoms with Gasteiger partial charge in [0.2, 0.25) is 0 Å². The molecule has 2 atom stereocenters. The summed E-state index contributed by atoms with van der Waals surface area (Å²) in [5.41, 5.74) is 0.407. The largest absolute Gasteiger partial charge is 0.454 e. The van der Waals surface area contributed by atoms with Crippen LogP contribution in [0.5, 0.6) is 0 Å². The molecule has 0 aliphatic carbocycles. The molecule has 3 heterocycles. The van der Waals surface area contributed by atoms with Crippen LogP contribution in [0.25, 0.3) is 0 Å². The van der Waals surface area contributed by atoms with E-state index in [1.54, 1.807) is 34.4 Å². The smallest absolute Gasteiger partial charge is 0.331 e. The Labute approximate surface area is 178 Å². The highest BCUT2D eigenvalue weighted by atomic mass is 32.2. The van der Waals surface area contributed by atoms with Gasteiger partial charge in [-0.1, -0.05) is 18.2 Å². The number of hydrogen-bond acceptors (Lipinski definition) is 7. The number of nitrogens with one attached hydrogen (secondary N) is 1. The number of hydrogen-bond donors (Lipinski definition) is 1. The molecule has 4 rings (SSSR count). The number of rotatable bonds is 5. The number of carbonyl (C=O) groups excluding carboxylic acids is 2. The number of amides is 1. The van der Waals surface area contributed by atoms with E-state index in [1.165, 1.54) is 13.0 Å². The average Bonchev–Trinajstić information content (AvgIpc) is 3.46. The van der Waals surface area contributed by atoms with Crippen molar-refractivity contribution >= 4 is 39.1 Å². The first kappa shape index (κ1) is 20.5. The molecule has 0 bridgehead atoms. The summed E-state index contributed by atoms with van der Waals surface area (Å²) >= 11 is 1.61. The van der Waals surface area contributed by atoms with Crippen LogP contribution in [0.4, 0.5) is 0 Å². The summed E-state index contributed by atoms with van der Waals surface area (Å²) in [5.74, 6) is -0.837. The zero-order chi connectivity index (χ0) is 21.3. The van der Waals surface area contributed by atoms with Crippen molar-refractivity contribution < 1.29 is 22.7 Å². The molecule has 1 saturated heterocycles. The van der Waals surface area contributed by atoms with Crippen molar-refractivity contribution in [1.29, 1.82) is 0 Å². The lowest BCUT2D eigenvalue weighted by atomic mass is 10.2. The first-order valence-electron chi connectivity index (χ1n) is 9.56. The summed E-state index contributed by atoms with van der Waals surface area (Å²) in [6.45, 7) is 1.77. The quantitative estimate of drug-likeness (QED) is 0.707. The van der Waals surface area contributed by atoms with Crippen molar-refractivity contribution in [3.8, 4) is 0 Å². The van der Waals surface area contributed by atoms with Gasteiger partial charge in [0.15, 0.2) is 6.61 Å². The van der Waals surface area contributed by atoms with Crippen LogP contribution >= 0.6 is 11.3 Å². The van der Waals surface area contributed by atoms with E-state index in [0.717, 1.165) is 17.7 Å². The summed E-state index contributed by atoms with van der Waals surface area (Å²) in [7, 11) is -3.68. The molecule has 1 aromatic heterocycles. The predicted molar refractivity (Wildman–Crippen MR) is 112 cm³/mol. The molecule has 0 spiro atoms. The lowest BCUT2D eigenvalue weighted by Crippen LogP contribution is -2.35. The van der Waals surface area contributed by atoms with E-state index < -0.39 is 22.0 Å². The molecular weight excluding hydrogens is 426 g/mol. The Morgan fingerprint density at radius 3 is 2.87 bits per heavy atom. The average molecular weight is 448 g/mol. The monoisotopic (exact) mass is 447 g/mol. The lowest BCUT2D eigenvalue weighted by molar-refractivity contribution is -0.153. The number of esters is 1. The van der Waals surface area contributed by atoms with Gasteiger partial charge in [0, 0.05) is 17.0 Å². The van der Waals surface area contributed by atoms with Crippen LogP contribution in [0, 0.1) is 0 Å². The first-order chi connectivity index (χ1) is 14.4. The zero-order valence-electron chi connectivity index (χ0n) is 16.3. The van der Waals surface area contributed by atoms with Gasteiger partial charge >= 0.3 is 5.97 Å². The van der Waals surface area contributed by atoms with Gasteiger partial charge in [-0.3, -0.25) is 14.5 Å². The Morgan fingerprint density at radius 1 is 1.30 bits per heavy atom. The Balaban J connectivity index is 1.39. The third-order valence-electron chi connectivity index (χ3n) is 5.11. The number of thiophene rings is 1. The molecule has 2 aliphatic heterocycles. The Morgan fingerprint density at radius 2 is 2.10 bits per heavy atom. The highest BCUT2D eigenvalue weighted by Gasteiger charge is 2.33. The fourth-order valence-corrected chi connectivity index (χ4v) is 5.77. The highest BCUT2D eigenvalue weighted by molar-refractivity contribution is 7.90. The van der Waals surface area contributed by atoms with E-state index in [2.05, 4.69) is 9.71 Å². The Bertz CT molecular complexity index is 1100. The fourth-order valence-electron chi connectivity index (χ4n) is 3.65. The number of sulfonamides is 1. The molecule has 30 heavy (non-hydrogen) atoms. The number of aliphatic imine (C=N–C) groups is 1. The minimum Gasteiger partial charge on any atom is -0.454 e. The second-order valence-corrected chi connectivity index (χ2v) is 9.75. The molecule has 158 valence electrons. The predicted octanol–water partition coefficient (Wildman–Crippen LogP) is 2.08. The van der Waals surface area contributed by atoms with Gasteiger partial charge in [-0.05, 0) is 43.3 Å². The number of fused-ring (bicyclic) bond motifs is 1. The molecule has 1 fully saturated rings. The SMILES string of the molecule is C[C@H](N=C1NS(=O)(=O)c2ccccc21)C(=O)OCC(=O)N1CCCC1c1cccs1. The van der Waals surface area contributed by atoms with Gasteiger partial charge in [-0.2, -0.15) is 0 Å². The van der Waals surface area contributed by atoms with Crippen LogP contribution in [-0.4, -0.2) is 50.2 Å². The van der Waals surface area contributed by atoms with Crippen LogP contribution < -0.4 is 4.72 Å². The topological polar surface area (TPSA) is 105 Å². The van der Waals surface area contributed by atoms with Crippen LogP contribution in [0.15, 0.2) is 51.7 Å². The van der Waals surface area contributed by atoms with Crippen molar-refractivity contribution in [2.75, 3.05) is 13.2 Å². The van der Waals surface area contributed by atoms with Gasteiger partial charge < -0.3 is 9.64 Å². The van der Waals surface area contributed by atoms with E-state index in [9.17, 15) is 18.0 Å². The van der Waals surface area contributed by atoms with Crippen LogP contribution in [0.3, 0.4) is 0 Å². The third-order valence-corrected chi connectivity index (χ3v) is 7.48. The summed E-state index contributed by atoms with van der Waals surface area (Å²) in [5, 5.41) is 1.98.